The fourth-order valence-electron chi connectivity index (χ4n) is 4.48. The molecule has 0 radical (unpaired) electrons. The highest BCUT2D eigenvalue weighted by Gasteiger charge is 2.33. The molecule has 1 atom stereocenters. The lowest BCUT2D eigenvalue weighted by molar-refractivity contribution is 0.143. The van der Waals surface area contributed by atoms with Crippen LogP contribution in [-0.4, -0.2) is 34.6 Å². The molecule has 34 heavy (non-hydrogen) atoms. The fourth-order valence-corrected chi connectivity index (χ4v) is 4.48. The van der Waals surface area contributed by atoms with Crippen LogP contribution in [0.1, 0.15) is 23.1 Å². The van der Waals surface area contributed by atoms with Crippen molar-refractivity contribution in [1.82, 2.24) is 15.5 Å². The molecule has 0 saturated heterocycles. The molecule has 0 fully saturated rings. The van der Waals surface area contributed by atoms with Crippen LogP contribution in [0, 0.1) is 5.82 Å². The zero-order valence-electron chi connectivity index (χ0n) is 18.9. The number of aryl methyl sites for hydroxylation is 1. The summed E-state index contributed by atoms with van der Waals surface area (Å²) in [5.74, 6) is 0.276. The molecule has 0 unspecified atom stereocenters. The van der Waals surface area contributed by atoms with Crippen molar-refractivity contribution in [1.29, 1.82) is 0 Å². The molecule has 1 heterocycles. The number of rotatable bonds is 7. The van der Waals surface area contributed by atoms with Gasteiger partial charge in [0.05, 0.1) is 13.7 Å². The van der Waals surface area contributed by atoms with E-state index in [1.54, 1.807) is 6.07 Å². The SMILES string of the molecule is COc1ccc(-c2nnc(-c3ccc4c(c3)C[C@@](CO)(NCc3ccccc3)CC4)o2)cc1F. The average Bonchev–Trinajstić information content (AvgIpc) is 3.38. The van der Waals surface area contributed by atoms with Crippen molar-refractivity contribution in [2.75, 3.05) is 13.7 Å². The van der Waals surface area contributed by atoms with Gasteiger partial charge in [0.1, 0.15) is 0 Å². The van der Waals surface area contributed by atoms with Crippen LogP contribution in [0.3, 0.4) is 0 Å². The number of aromatic nitrogens is 2. The maximum Gasteiger partial charge on any atom is 0.248 e. The first-order chi connectivity index (χ1) is 16.6. The van der Waals surface area contributed by atoms with Gasteiger partial charge in [-0.25, -0.2) is 4.39 Å². The van der Waals surface area contributed by atoms with Crippen LogP contribution in [0.15, 0.2) is 71.1 Å². The molecular weight excluding hydrogens is 433 g/mol. The maximum absolute atomic E-state index is 14.1. The summed E-state index contributed by atoms with van der Waals surface area (Å²) >= 11 is 0. The molecule has 1 aliphatic carbocycles. The van der Waals surface area contributed by atoms with E-state index in [1.807, 2.05) is 24.3 Å². The first-order valence-electron chi connectivity index (χ1n) is 11.3. The van der Waals surface area contributed by atoms with Crippen LogP contribution in [0.4, 0.5) is 4.39 Å². The Morgan fingerprint density at radius 2 is 1.74 bits per heavy atom. The summed E-state index contributed by atoms with van der Waals surface area (Å²) in [5.41, 5.74) is 4.48. The highest BCUT2D eigenvalue weighted by molar-refractivity contribution is 5.60. The molecule has 0 saturated carbocycles. The largest absolute Gasteiger partial charge is 0.494 e. The molecule has 174 valence electrons. The van der Waals surface area contributed by atoms with Crippen LogP contribution < -0.4 is 10.1 Å². The number of ether oxygens (including phenoxy) is 1. The van der Waals surface area contributed by atoms with Gasteiger partial charge in [0.25, 0.3) is 0 Å². The topological polar surface area (TPSA) is 80.4 Å². The Bertz CT molecular complexity index is 1290. The van der Waals surface area contributed by atoms with Gasteiger partial charge in [-0.15, -0.1) is 10.2 Å². The van der Waals surface area contributed by atoms with E-state index in [1.165, 1.54) is 30.4 Å². The molecule has 0 aliphatic heterocycles. The van der Waals surface area contributed by atoms with E-state index in [4.69, 9.17) is 9.15 Å². The zero-order chi connectivity index (χ0) is 23.5. The standard InChI is InChI=1S/C27H26FN3O3/c1-33-24-10-9-21(14-23(24)28)26-31-30-25(34-26)20-8-7-19-11-12-27(17-32,15-22(19)13-20)29-16-18-5-3-2-4-6-18/h2-10,13-14,29,32H,11-12,15-17H2,1H3/t27-/m0/s1. The van der Waals surface area contributed by atoms with E-state index in [-0.39, 0.29) is 23.8 Å². The molecule has 0 spiro atoms. The number of fused-ring (bicyclic) bond motifs is 1. The minimum absolute atomic E-state index is 0.0528. The van der Waals surface area contributed by atoms with Gasteiger partial charge >= 0.3 is 0 Å². The van der Waals surface area contributed by atoms with Gasteiger partial charge in [-0.1, -0.05) is 36.4 Å². The molecule has 4 aromatic rings. The van der Waals surface area contributed by atoms with Gasteiger partial charge in [-0.05, 0) is 66.3 Å². The number of benzene rings is 3. The van der Waals surface area contributed by atoms with Crippen molar-refractivity contribution in [2.45, 2.75) is 31.3 Å². The van der Waals surface area contributed by atoms with Gasteiger partial charge in [-0.3, -0.25) is 0 Å². The smallest absolute Gasteiger partial charge is 0.248 e. The second kappa shape index (κ2) is 9.37. The van der Waals surface area contributed by atoms with Crippen LogP contribution >= 0.6 is 0 Å². The Hall–Kier alpha value is -3.55. The number of aliphatic hydroxyl groups excluding tert-OH is 1. The summed E-state index contributed by atoms with van der Waals surface area (Å²) in [6.07, 6.45) is 2.43. The number of nitrogens with one attached hydrogen (secondary N) is 1. The lowest BCUT2D eigenvalue weighted by Crippen LogP contribution is -2.52. The van der Waals surface area contributed by atoms with Crippen molar-refractivity contribution >= 4 is 0 Å². The van der Waals surface area contributed by atoms with Crippen molar-refractivity contribution < 1.29 is 18.7 Å². The average molecular weight is 460 g/mol. The third-order valence-electron chi connectivity index (χ3n) is 6.49. The second-order valence-corrected chi connectivity index (χ2v) is 8.70. The number of hydrogen-bond donors (Lipinski definition) is 2. The quantitative estimate of drug-likeness (QED) is 0.422. The first kappa shape index (κ1) is 22.3. The van der Waals surface area contributed by atoms with Crippen LogP contribution in [-0.2, 0) is 19.4 Å². The maximum atomic E-state index is 14.1. The minimum atomic E-state index is -0.489. The lowest BCUT2D eigenvalue weighted by Gasteiger charge is -2.38. The normalized spacial score (nSPS) is 17.4. The number of methoxy groups -OCH3 is 1. The van der Waals surface area contributed by atoms with E-state index in [2.05, 4.69) is 39.8 Å². The van der Waals surface area contributed by atoms with E-state index < -0.39 is 5.82 Å². The van der Waals surface area contributed by atoms with Crippen molar-refractivity contribution in [3.63, 3.8) is 0 Å². The van der Waals surface area contributed by atoms with Crippen LogP contribution in [0.5, 0.6) is 5.75 Å². The van der Waals surface area contributed by atoms with E-state index >= 15 is 0 Å². The van der Waals surface area contributed by atoms with Gasteiger partial charge < -0.3 is 19.6 Å². The van der Waals surface area contributed by atoms with Crippen molar-refractivity contribution in [3.8, 4) is 28.7 Å². The Morgan fingerprint density at radius 1 is 1.00 bits per heavy atom. The molecule has 6 nitrogen and oxygen atoms in total. The van der Waals surface area contributed by atoms with Gasteiger partial charge in [0, 0.05) is 23.2 Å². The molecule has 1 aromatic heterocycles. The summed E-state index contributed by atoms with van der Waals surface area (Å²) < 4.78 is 24.9. The fraction of sp³-hybridized carbons (Fsp3) is 0.259. The predicted octanol–water partition coefficient (Wildman–Crippen LogP) is 4.56. The Labute approximate surface area is 197 Å². The molecule has 1 aliphatic rings. The van der Waals surface area contributed by atoms with Gasteiger partial charge in [-0.2, -0.15) is 0 Å². The number of halogens is 1. The summed E-state index contributed by atoms with van der Waals surface area (Å²) in [7, 11) is 1.42. The molecule has 2 N–H and O–H groups in total. The molecule has 3 aromatic carbocycles. The highest BCUT2D eigenvalue weighted by Crippen LogP contribution is 2.33. The van der Waals surface area contributed by atoms with Crippen LogP contribution in [0.25, 0.3) is 22.9 Å². The third-order valence-corrected chi connectivity index (χ3v) is 6.49. The van der Waals surface area contributed by atoms with Crippen molar-refractivity contribution in [3.05, 3.63) is 89.2 Å². The summed E-state index contributed by atoms with van der Waals surface area (Å²) in [5, 5.41) is 22.2. The second-order valence-electron chi connectivity index (χ2n) is 8.70. The summed E-state index contributed by atoms with van der Waals surface area (Å²) in [4.78, 5) is 0. The van der Waals surface area contributed by atoms with E-state index in [0.717, 1.165) is 24.0 Å². The van der Waals surface area contributed by atoms with E-state index in [0.29, 0.717) is 24.4 Å². The monoisotopic (exact) mass is 459 g/mol. The molecular formula is C27H26FN3O3. The summed E-state index contributed by atoms with van der Waals surface area (Å²) in [6, 6.07) is 20.8. The Morgan fingerprint density at radius 3 is 2.44 bits per heavy atom. The predicted molar refractivity (Wildman–Crippen MR) is 127 cm³/mol. The Kier molecular flexibility index (Phi) is 6.13. The molecule has 0 amide bonds. The zero-order valence-corrected chi connectivity index (χ0v) is 18.9. The van der Waals surface area contributed by atoms with Crippen molar-refractivity contribution in [2.24, 2.45) is 0 Å². The first-order valence-corrected chi connectivity index (χ1v) is 11.3. The Balaban J connectivity index is 1.37. The van der Waals surface area contributed by atoms with Gasteiger partial charge in [0.2, 0.25) is 11.8 Å². The van der Waals surface area contributed by atoms with Gasteiger partial charge in [0.15, 0.2) is 11.6 Å². The number of nitrogens with zero attached hydrogens (tertiary/aromatic N) is 2. The number of hydrogen-bond acceptors (Lipinski definition) is 6. The summed E-state index contributed by atoms with van der Waals surface area (Å²) in [6.45, 7) is 0.749. The third kappa shape index (κ3) is 4.44. The minimum Gasteiger partial charge on any atom is -0.494 e. The highest BCUT2D eigenvalue weighted by atomic mass is 19.1. The van der Waals surface area contributed by atoms with Crippen LogP contribution in [0.2, 0.25) is 0 Å². The molecule has 0 bridgehead atoms. The molecule has 7 heteroatoms. The van der Waals surface area contributed by atoms with E-state index in [9.17, 15) is 9.50 Å². The number of aliphatic hydroxyl groups is 1. The lowest BCUT2D eigenvalue weighted by atomic mass is 9.77. The molecule has 5 rings (SSSR count).